The molecule has 2 aromatic rings. The smallest absolute Gasteiger partial charge is 0.258 e. The molecule has 0 radical (unpaired) electrons. The largest absolute Gasteiger partial charge is 0.322 e. The Labute approximate surface area is 136 Å². The molecule has 0 bridgehead atoms. The van der Waals surface area contributed by atoms with Crippen LogP contribution in [0.25, 0.3) is 0 Å². The van der Waals surface area contributed by atoms with E-state index < -0.39 is 0 Å². The Kier molecular flexibility index (Phi) is 6.46. The number of benzene rings is 1. The van der Waals surface area contributed by atoms with E-state index in [1.54, 1.807) is 18.0 Å². The Morgan fingerprint density at radius 3 is 2.77 bits per heavy atom. The summed E-state index contributed by atoms with van der Waals surface area (Å²) in [5.41, 5.74) is 2.54. The topological polar surface area (TPSA) is 42.0 Å². The van der Waals surface area contributed by atoms with Gasteiger partial charge in [-0.3, -0.25) is 4.79 Å². The fraction of sp³-hybridized carbons (Fsp3) is 0.333. The highest BCUT2D eigenvalue weighted by Gasteiger charge is 2.13. The van der Waals surface area contributed by atoms with Crippen molar-refractivity contribution in [2.45, 2.75) is 38.1 Å². The van der Waals surface area contributed by atoms with E-state index in [4.69, 9.17) is 0 Å². The minimum atomic E-state index is -0.0969. The summed E-state index contributed by atoms with van der Waals surface area (Å²) in [6.07, 6.45) is 5.30. The molecule has 3 nitrogen and oxygen atoms in total. The van der Waals surface area contributed by atoms with Gasteiger partial charge in [0.25, 0.3) is 5.91 Å². The van der Waals surface area contributed by atoms with Crippen molar-refractivity contribution in [2.75, 3.05) is 11.1 Å². The van der Waals surface area contributed by atoms with Crippen LogP contribution >= 0.6 is 11.8 Å². The number of pyridine rings is 1. The van der Waals surface area contributed by atoms with Gasteiger partial charge in [-0.2, -0.15) is 0 Å². The van der Waals surface area contributed by atoms with Crippen molar-refractivity contribution >= 4 is 23.4 Å². The fourth-order valence-electron chi connectivity index (χ4n) is 2.10. The van der Waals surface area contributed by atoms with Crippen molar-refractivity contribution in [3.8, 4) is 0 Å². The van der Waals surface area contributed by atoms with Crippen LogP contribution in [-0.2, 0) is 0 Å². The number of anilines is 1. The molecule has 1 heterocycles. The molecule has 0 fully saturated rings. The molecule has 0 aliphatic heterocycles. The van der Waals surface area contributed by atoms with Gasteiger partial charge in [-0.15, -0.1) is 11.8 Å². The van der Waals surface area contributed by atoms with Gasteiger partial charge in [0.05, 0.1) is 5.56 Å². The second-order valence-electron chi connectivity index (χ2n) is 5.18. The molecule has 4 heteroatoms. The Morgan fingerprint density at radius 2 is 2.00 bits per heavy atom. The van der Waals surface area contributed by atoms with Crippen molar-refractivity contribution in [1.29, 1.82) is 0 Å². The van der Waals surface area contributed by atoms with Crippen LogP contribution in [-0.4, -0.2) is 16.6 Å². The Morgan fingerprint density at radius 1 is 1.18 bits per heavy atom. The van der Waals surface area contributed by atoms with Crippen molar-refractivity contribution in [2.24, 2.45) is 0 Å². The van der Waals surface area contributed by atoms with Crippen LogP contribution in [0.1, 0.15) is 42.1 Å². The SMILES string of the molecule is CCCCCSc1ncccc1C(=O)Nc1ccccc1C. The normalized spacial score (nSPS) is 10.5. The monoisotopic (exact) mass is 314 g/mol. The lowest BCUT2D eigenvalue weighted by Crippen LogP contribution is -2.14. The summed E-state index contributed by atoms with van der Waals surface area (Å²) in [7, 11) is 0. The number of nitrogens with one attached hydrogen (secondary N) is 1. The van der Waals surface area contributed by atoms with Crippen LogP contribution in [0.2, 0.25) is 0 Å². The lowest BCUT2D eigenvalue weighted by Gasteiger charge is -2.10. The zero-order valence-electron chi connectivity index (χ0n) is 13.1. The van der Waals surface area contributed by atoms with E-state index in [1.807, 2.05) is 43.3 Å². The number of hydrogen-bond acceptors (Lipinski definition) is 3. The third-order valence-corrected chi connectivity index (χ3v) is 4.49. The number of rotatable bonds is 7. The van der Waals surface area contributed by atoms with Crippen molar-refractivity contribution < 1.29 is 4.79 Å². The summed E-state index contributed by atoms with van der Waals surface area (Å²) in [6, 6.07) is 11.4. The molecule has 22 heavy (non-hydrogen) atoms. The number of thioether (sulfide) groups is 1. The maximum Gasteiger partial charge on any atom is 0.258 e. The number of nitrogens with zero attached hydrogens (tertiary/aromatic N) is 1. The minimum absolute atomic E-state index is 0.0969. The number of amides is 1. The molecular weight excluding hydrogens is 292 g/mol. The van der Waals surface area contributed by atoms with E-state index in [1.165, 1.54) is 12.8 Å². The highest BCUT2D eigenvalue weighted by atomic mass is 32.2. The lowest BCUT2D eigenvalue weighted by atomic mass is 10.2. The second kappa shape index (κ2) is 8.59. The predicted octanol–water partition coefficient (Wildman–Crippen LogP) is 4.92. The van der Waals surface area contributed by atoms with Crippen LogP contribution in [0.15, 0.2) is 47.6 Å². The molecule has 0 saturated heterocycles. The molecule has 1 aromatic heterocycles. The molecule has 1 N–H and O–H groups in total. The summed E-state index contributed by atoms with van der Waals surface area (Å²) in [6.45, 7) is 4.17. The van der Waals surface area contributed by atoms with Gasteiger partial charge >= 0.3 is 0 Å². The molecule has 0 aliphatic carbocycles. The highest BCUT2D eigenvalue weighted by Crippen LogP contribution is 2.23. The lowest BCUT2D eigenvalue weighted by molar-refractivity contribution is 0.102. The molecule has 1 amide bonds. The fourth-order valence-corrected chi connectivity index (χ4v) is 3.10. The summed E-state index contributed by atoms with van der Waals surface area (Å²) in [5.74, 6) is 0.899. The maximum absolute atomic E-state index is 12.5. The van der Waals surface area contributed by atoms with E-state index in [0.29, 0.717) is 5.56 Å². The predicted molar refractivity (Wildman–Crippen MR) is 93.6 cm³/mol. The number of unbranched alkanes of at least 4 members (excludes halogenated alkanes) is 2. The molecule has 2 rings (SSSR count). The number of hydrogen-bond donors (Lipinski definition) is 1. The van der Waals surface area contributed by atoms with Crippen molar-refractivity contribution in [1.82, 2.24) is 4.98 Å². The number of aryl methyl sites for hydroxylation is 1. The van der Waals surface area contributed by atoms with Gasteiger partial charge in [0.1, 0.15) is 5.03 Å². The maximum atomic E-state index is 12.5. The van der Waals surface area contributed by atoms with E-state index in [2.05, 4.69) is 17.2 Å². The van der Waals surface area contributed by atoms with E-state index >= 15 is 0 Å². The Balaban J connectivity index is 2.07. The standard InChI is InChI=1S/C18H22N2OS/c1-3-4-7-13-22-18-15(10-8-12-19-18)17(21)20-16-11-6-5-9-14(16)2/h5-6,8-12H,3-4,7,13H2,1-2H3,(H,20,21). The summed E-state index contributed by atoms with van der Waals surface area (Å²) >= 11 is 1.66. The van der Waals surface area contributed by atoms with Crippen molar-refractivity contribution in [3.63, 3.8) is 0 Å². The van der Waals surface area contributed by atoms with Crippen LogP contribution < -0.4 is 5.32 Å². The van der Waals surface area contributed by atoms with E-state index in [0.717, 1.165) is 28.5 Å². The first-order valence-electron chi connectivity index (χ1n) is 7.67. The minimum Gasteiger partial charge on any atom is -0.322 e. The van der Waals surface area contributed by atoms with Gasteiger partial charge < -0.3 is 5.32 Å². The number of aromatic nitrogens is 1. The highest BCUT2D eigenvalue weighted by molar-refractivity contribution is 7.99. The van der Waals surface area contributed by atoms with Gasteiger partial charge in [-0.1, -0.05) is 38.0 Å². The first-order valence-corrected chi connectivity index (χ1v) is 8.65. The molecular formula is C18H22N2OS. The molecule has 0 saturated carbocycles. The number of carbonyl (C=O) groups is 1. The summed E-state index contributed by atoms with van der Waals surface area (Å²) in [5, 5.41) is 3.79. The van der Waals surface area contributed by atoms with Gasteiger partial charge in [0, 0.05) is 11.9 Å². The van der Waals surface area contributed by atoms with Gasteiger partial charge in [0.15, 0.2) is 0 Å². The summed E-state index contributed by atoms with van der Waals surface area (Å²) in [4.78, 5) is 16.9. The number of carbonyl (C=O) groups excluding carboxylic acids is 1. The molecule has 0 unspecified atom stereocenters. The van der Waals surface area contributed by atoms with Crippen LogP contribution in [0.5, 0.6) is 0 Å². The summed E-state index contributed by atoms with van der Waals surface area (Å²) < 4.78 is 0. The first kappa shape index (κ1) is 16.6. The van der Waals surface area contributed by atoms with Crippen molar-refractivity contribution in [3.05, 3.63) is 53.7 Å². The quantitative estimate of drug-likeness (QED) is 0.582. The zero-order valence-corrected chi connectivity index (χ0v) is 14.0. The molecule has 0 aliphatic rings. The van der Waals surface area contributed by atoms with Crippen LogP contribution in [0.3, 0.4) is 0 Å². The number of para-hydroxylation sites is 1. The third kappa shape index (κ3) is 4.60. The zero-order chi connectivity index (χ0) is 15.8. The van der Waals surface area contributed by atoms with Gasteiger partial charge in [-0.25, -0.2) is 4.98 Å². The second-order valence-corrected chi connectivity index (χ2v) is 6.26. The van der Waals surface area contributed by atoms with Gasteiger partial charge in [-0.05, 0) is 42.9 Å². The molecule has 0 spiro atoms. The van der Waals surface area contributed by atoms with E-state index in [9.17, 15) is 4.79 Å². The van der Waals surface area contributed by atoms with E-state index in [-0.39, 0.29) is 5.91 Å². The van der Waals surface area contributed by atoms with Crippen LogP contribution in [0, 0.1) is 6.92 Å². The molecule has 1 aromatic carbocycles. The molecule has 116 valence electrons. The Bertz CT molecular complexity index is 628. The third-order valence-electron chi connectivity index (χ3n) is 3.40. The average molecular weight is 314 g/mol. The first-order chi connectivity index (χ1) is 10.7. The molecule has 0 atom stereocenters. The van der Waals surface area contributed by atoms with Gasteiger partial charge in [0.2, 0.25) is 0 Å². The van der Waals surface area contributed by atoms with Crippen LogP contribution in [0.4, 0.5) is 5.69 Å². The Hall–Kier alpha value is -1.81. The average Bonchev–Trinajstić information content (AvgIpc) is 2.54.